The molecule has 0 radical (unpaired) electrons. The van der Waals surface area contributed by atoms with E-state index in [0.717, 1.165) is 109 Å². The highest BCUT2D eigenvalue weighted by Gasteiger charge is 2.19. The van der Waals surface area contributed by atoms with Gasteiger partial charge in [0.1, 0.15) is 13.2 Å². The summed E-state index contributed by atoms with van der Waals surface area (Å²) in [5, 5.41) is 0. The summed E-state index contributed by atoms with van der Waals surface area (Å²) in [6, 6.07) is 0. The average Bonchev–Trinajstić information content (AvgIpc) is 3.33. The van der Waals surface area contributed by atoms with Crippen LogP contribution in [0.1, 0.15) is 265 Å². The van der Waals surface area contributed by atoms with Crippen molar-refractivity contribution >= 4 is 17.9 Å². The van der Waals surface area contributed by atoms with E-state index in [1.54, 1.807) is 0 Å². The van der Waals surface area contributed by atoms with Gasteiger partial charge in [0.2, 0.25) is 0 Å². The van der Waals surface area contributed by atoms with Gasteiger partial charge >= 0.3 is 17.9 Å². The number of carbonyl (C=O) groups is 3. The second kappa shape index (κ2) is 55.2. The molecule has 0 saturated heterocycles. The highest BCUT2D eigenvalue weighted by Crippen LogP contribution is 2.14. The van der Waals surface area contributed by atoms with Crippen LogP contribution in [0.25, 0.3) is 0 Å². The lowest BCUT2D eigenvalue weighted by molar-refractivity contribution is -0.167. The molecule has 6 heteroatoms. The Morgan fingerprint density at radius 1 is 0.313 bits per heavy atom. The Hall–Kier alpha value is -3.41. The minimum Gasteiger partial charge on any atom is -0.462 e. The van der Waals surface area contributed by atoms with E-state index < -0.39 is 6.10 Å². The molecule has 0 aromatic rings. The van der Waals surface area contributed by atoms with Gasteiger partial charge in [-0.3, -0.25) is 14.4 Å². The number of ether oxygens (including phenoxy) is 3. The standard InChI is InChI=1S/C61H104O6/c1-4-7-10-13-16-19-22-25-28-29-30-31-34-36-39-42-45-48-51-54-60(63)66-57-58(67-61(64)55-52-49-46-43-40-37-33-27-24-21-18-15-12-9-6-3)56-65-59(62)53-50-47-44-41-38-35-32-26-23-20-17-14-11-8-5-2/h9,12,17-18,20-21,25-28,32-33,38,41,58H,4-8,10-11,13-16,19,22-24,29-31,34-37,39-40,42-57H2,1-3H3/b12-9-,20-17-,21-18-,28-25-,32-26-,33-27-,41-38-/t58-/m1/s1. The molecule has 0 rings (SSSR count). The van der Waals surface area contributed by atoms with Gasteiger partial charge in [0.25, 0.3) is 0 Å². The second-order valence-corrected chi connectivity index (χ2v) is 18.5. The van der Waals surface area contributed by atoms with Crippen LogP contribution in [0.3, 0.4) is 0 Å². The van der Waals surface area contributed by atoms with E-state index in [1.807, 2.05) is 0 Å². The molecule has 0 aromatic carbocycles. The molecule has 0 N–H and O–H groups in total. The first-order chi connectivity index (χ1) is 33.0. The average molecular weight is 933 g/mol. The number of allylic oxidation sites excluding steroid dienone is 14. The second-order valence-electron chi connectivity index (χ2n) is 18.5. The highest BCUT2D eigenvalue weighted by atomic mass is 16.6. The fraction of sp³-hybridized carbons (Fsp3) is 0.721. The molecule has 6 nitrogen and oxygen atoms in total. The molecule has 0 unspecified atom stereocenters. The quantitative estimate of drug-likeness (QED) is 0.0262. The summed E-state index contributed by atoms with van der Waals surface area (Å²) in [6.45, 7) is 6.45. The monoisotopic (exact) mass is 933 g/mol. The zero-order valence-corrected chi connectivity index (χ0v) is 43.9. The normalized spacial score (nSPS) is 12.7. The largest absolute Gasteiger partial charge is 0.462 e. The van der Waals surface area contributed by atoms with Crippen molar-refractivity contribution in [1.29, 1.82) is 0 Å². The Balaban J connectivity index is 4.44. The Morgan fingerprint density at radius 3 is 0.985 bits per heavy atom. The van der Waals surface area contributed by atoms with Gasteiger partial charge in [-0.15, -0.1) is 0 Å². The lowest BCUT2D eigenvalue weighted by Crippen LogP contribution is -2.30. The van der Waals surface area contributed by atoms with Crippen LogP contribution in [0.5, 0.6) is 0 Å². The van der Waals surface area contributed by atoms with E-state index >= 15 is 0 Å². The molecule has 0 aliphatic rings. The Bertz CT molecular complexity index is 1300. The molecule has 0 spiro atoms. The molecule has 0 saturated carbocycles. The van der Waals surface area contributed by atoms with Gasteiger partial charge in [-0.1, -0.05) is 215 Å². The van der Waals surface area contributed by atoms with Gasteiger partial charge in [0.05, 0.1) is 0 Å². The van der Waals surface area contributed by atoms with Gasteiger partial charge in [0.15, 0.2) is 6.10 Å². The van der Waals surface area contributed by atoms with E-state index in [2.05, 4.69) is 106 Å². The molecule has 0 aromatic heterocycles. The molecule has 0 fully saturated rings. The summed E-state index contributed by atoms with van der Waals surface area (Å²) in [5.74, 6) is -0.952. The maximum Gasteiger partial charge on any atom is 0.306 e. The molecular weight excluding hydrogens is 829 g/mol. The van der Waals surface area contributed by atoms with Crippen molar-refractivity contribution in [2.45, 2.75) is 271 Å². The first kappa shape index (κ1) is 63.6. The molecule has 0 heterocycles. The molecule has 0 aliphatic heterocycles. The fourth-order valence-corrected chi connectivity index (χ4v) is 7.63. The lowest BCUT2D eigenvalue weighted by Gasteiger charge is -2.18. The Kier molecular flexibility index (Phi) is 52.4. The third kappa shape index (κ3) is 53.4. The smallest absolute Gasteiger partial charge is 0.306 e. The number of esters is 3. The van der Waals surface area contributed by atoms with Crippen molar-refractivity contribution in [3.05, 3.63) is 85.1 Å². The predicted octanol–water partition coefficient (Wildman–Crippen LogP) is 18.8. The summed E-state index contributed by atoms with van der Waals surface area (Å²) in [6.07, 6.45) is 71.4. The maximum atomic E-state index is 12.8. The van der Waals surface area contributed by atoms with Gasteiger partial charge in [-0.25, -0.2) is 0 Å². The Labute approximate surface area is 414 Å². The van der Waals surface area contributed by atoms with Crippen LogP contribution < -0.4 is 0 Å². The van der Waals surface area contributed by atoms with Crippen molar-refractivity contribution in [3.8, 4) is 0 Å². The number of hydrogen-bond donors (Lipinski definition) is 0. The van der Waals surface area contributed by atoms with Crippen LogP contribution in [0.15, 0.2) is 85.1 Å². The van der Waals surface area contributed by atoms with Crippen molar-refractivity contribution < 1.29 is 28.6 Å². The summed E-state index contributed by atoms with van der Waals surface area (Å²) in [5.41, 5.74) is 0. The summed E-state index contributed by atoms with van der Waals surface area (Å²) >= 11 is 0. The zero-order valence-electron chi connectivity index (χ0n) is 43.9. The van der Waals surface area contributed by atoms with Crippen molar-refractivity contribution in [2.75, 3.05) is 13.2 Å². The summed E-state index contributed by atoms with van der Waals surface area (Å²) < 4.78 is 16.8. The zero-order chi connectivity index (χ0) is 48.6. The van der Waals surface area contributed by atoms with Gasteiger partial charge in [-0.2, -0.15) is 0 Å². The minimum absolute atomic E-state index is 0.0968. The summed E-state index contributed by atoms with van der Waals surface area (Å²) in [7, 11) is 0. The first-order valence-corrected chi connectivity index (χ1v) is 28.1. The molecule has 0 amide bonds. The molecule has 384 valence electrons. The van der Waals surface area contributed by atoms with Crippen molar-refractivity contribution in [3.63, 3.8) is 0 Å². The third-order valence-corrected chi connectivity index (χ3v) is 11.9. The topological polar surface area (TPSA) is 78.9 Å². The van der Waals surface area contributed by atoms with Crippen LogP contribution >= 0.6 is 0 Å². The molecule has 0 bridgehead atoms. The molecule has 1 atom stereocenters. The first-order valence-electron chi connectivity index (χ1n) is 28.1. The third-order valence-electron chi connectivity index (χ3n) is 11.9. The van der Waals surface area contributed by atoms with Crippen LogP contribution in [0, 0.1) is 0 Å². The molecule has 0 aliphatic carbocycles. The van der Waals surface area contributed by atoms with E-state index in [-0.39, 0.29) is 31.1 Å². The SMILES string of the molecule is CC/C=C\C/C=C\C/C=C\CCCCCCCC(=O)O[C@H](COC(=O)CCCC/C=C\C/C=C\C/C=C\CCCCC)COC(=O)CCCCCCCCCCC/C=C\CCCCCCCC. The van der Waals surface area contributed by atoms with E-state index in [9.17, 15) is 14.4 Å². The lowest BCUT2D eigenvalue weighted by atomic mass is 10.1. The highest BCUT2D eigenvalue weighted by molar-refractivity contribution is 5.71. The minimum atomic E-state index is -0.802. The van der Waals surface area contributed by atoms with Crippen LogP contribution in [-0.2, 0) is 28.6 Å². The predicted molar refractivity (Wildman–Crippen MR) is 288 cm³/mol. The number of hydrogen-bond acceptors (Lipinski definition) is 6. The van der Waals surface area contributed by atoms with Crippen LogP contribution in [0.4, 0.5) is 0 Å². The fourth-order valence-electron chi connectivity index (χ4n) is 7.63. The van der Waals surface area contributed by atoms with Gasteiger partial charge < -0.3 is 14.2 Å². The van der Waals surface area contributed by atoms with Crippen LogP contribution in [-0.4, -0.2) is 37.2 Å². The molecule has 67 heavy (non-hydrogen) atoms. The van der Waals surface area contributed by atoms with E-state index in [0.29, 0.717) is 19.3 Å². The van der Waals surface area contributed by atoms with Crippen LogP contribution in [0.2, 0.25) is 0 Å². The number of unbranched alkanes of at least 4 members (excludes halogenated alkanes) is 25. The van der Waals surface area contributed by atoms with E-state index in [1.165, 1.54) is 116 Å². The van der Waals surface area contributed by atoms with E-state index in [4.69, 9.17) is 14.2 Å². The van der Waals surface area contributed by atoms with Gasteiger partial charge in [-0.05, 0) is 116 Å². The number of carbonyl (C=O) groups excluding carboxylic acids is 3. The van der Waals surface area contributed by atoms with Crippen molar-refractivity contribution in [2.24, 2.45) is 0 Å². The van der Waals surface area contributed by atoms with Crippen molar-refractivity contribution in [1.82, 2.24) is 0 Å². The summed E-state index contributed by atoms with van der Waals surface area (Å²) in [4.78, 5) is 38.1. The number of rotatable bonds is 50. The maximum absolute atomic E-state index is 12.8. The Morgan fingerprint density at radius 2 is 0.582 bits per heavy atom. The van der Waals surface area contributed by atoms with Gasteiger partial charge in [0, 0.05) is 19.3 Å². The molecular formula is C61H104O6.